The van der Waals surface area contributed by atoms with Crippen molar-refractivity contribution >= 4 is 17.9 Å². The summed E-state index contributed by atoms with van der Waals surface area (Å²) in [4.78, 5) is 13.4. The first-order valence-electron chi connectivity index (χ1n) is 10.1. The molecule has 0 spiro atoms. The predicted molar refractivity (Wildman–Crippen MR) is 119 cm³/mol. The number of carbonyl (C=O) groups is 1. The minimum absolute atomic E-state index is 0.0976. The number of methoxy groups -OCH3 is 2. The quantitative estimate of drug-likeness (QED) is 0.583. The van der Waals surface area contributed by atoms with E-state index in [1.807, 2.05) is 60.7 Å². The Kier molecular flexibility index (Phi) is 6.26. The van der Waals surface area contributed by atoms with Gasteiger partial charge < -0.3 is 9.47 Å². The number of allylic oxidation sites excluding steroid dienone is 2. The fourth-order valence-electron chi connectivity index (χ4n) is 3.80. The Morgan fingerprint density at radius 1 is 0.793 bits per heavy atom. The van der Waals surface area contributed by atoms with E-state index in [1.54, 1.807) is 14.2 Å². The van der Waals surface area contributed by atoms with Crippen molar-refractivity contribution in [2.75, 3.05) is 14.2 Å². The number of para-hydroxylation sites is 2. The van der Waals surface area contributed by atoms with Gasteiger partial charge in [0.1, 0.15) is 11.5 Å². The maximum Gasteiger partial charge on any atom is 0.185 e. The standard InChI is InChI=1S/C26H30O3/c1-26(2,3)22-16-20(14-18-10-6-8-12-23(18)28-4)25(27)21(17-22)15-19-11-7-9-13-24(19)29-5/h6-15,22H,16-17H2,1-5H3/b20-14-,21-15-. The van der Waals surface area contributed by atoms with E-state index in [2.05, 4.69) is 20.8 Å². The second kappa shape index (κ2) is 8.69. The first-order chi connectivity index (χ1) is 13.8. The van der Waals surface area contributed by atoms with Gasteiger partial charge in [-0.25, -0.2) is 0 Å². The van der Waals surface area contributed by atoms with Gasteiger partial charge in [0.2, 0.25) is 0 Å². The Hall–Kier alpha value is -2.81. The smallest absolute Gasteiger partial charge is 0.185 e. The predicted octanol–water partition coefficient (Wildman–Crippen LogP) is 6.20. The van der Waals surface area contributed by atoms with Gasteiger partial charge in [-0.2, -0.15) is 0 Å². The summed E-state index contributed by atoms with van der Waals surface area (Å²) in [6.07, 6.45) is 5.53. The van der Waals surface area contributed by atoms with Crippen molar-refractivity contribution in [2.45, 2.75) is 33.6 Å². The van der Waals surface area contributed by atoms with Crippen LogP contribution in [0.25, 0.3) is 12.2 Å². The number of benzene rings is 2. The van der Waals surface area contributed by atoms with Crippen LogP contribution in [0.1, 0.15) is 44.7 Å². The molecular weight excluding hydrogens is 360 g/mol. The average Bonchev–Trinajstić information content (AvgIpc) is 2.70. The highest BCUT2D eigenvalue weighted by atomic mass is 16.5. The Bertz CT molecular complexity index is 875. The fraction of sp³-hybridized carbons (Fsp3) is 0.346. The number of rotatable bonds is 4. The van der Waals surface area contributed by atoms with Crippen molar-refractivity contribution in [3.05, 3.63) is 70.8 Å². The summed E-state index contributed by atoms with van der Waals surface area (Å²) in [5.41, 5.74) is 3.64. The molecule has 0 saturated heterocycles. The fourth-order valence-corrected chi connectivity index (χ4v) is 3.80. The molecule has 0 unspecified atom stereocenters. The van der Waals surface area contributed by atoms with E-state index in [1.165, 1.54) is 0 Å². The van der Waals surface area contributed by atoms with Gasteiger partial charge in [-0.15, -0.1) is 0 Å². The van der Waals surface area contributed by atoms with Gasteiger partial charge in [0, 0.05) is 22.3 Å². The van der Waals surface area contributed by atoms with Gasteiger partial charge in [0.05, 0.1) is 14.2 Å². The largest absolute Gasteiger partial charge is 0.496 e. The molecule has 29 heavy (non-hydrogen) atoms. The van der Waals surface area contributed by atoms with Crippen LogP contribution in [0.3, 0.4) is 0 Å². The third kappa shape index (κ3) is 4.79. The molecule has 3 heteroatoms. The lowest BCUT2D eigenvalue weighted by molar-refractivity contribution is -0.113. The zero-order valence-electron chi connectivity index (χ0n) is 18.0. The van der Waals surface area contributed by atoms with Crippen LogP contribution in [0.5, 0.6) is 11.5 Å². The normalized spacial score (nSPS) is 20.2. The molecule has 3 nitrogen and oxygen atoms in total. The number of hydrogen-bond donors (Lipinski definition) is 0. The number of ether oxygens (including phenoxy) is 2. The van der Waals surface area contributed by atoms with Crippen molar-refractivity contribution in [3.63, 3.8) is 0 Å². The molecule has 0 aliphatic heterocycles. The van der Waals surface area contributed by atoms with Crippen LogP contribution in [-0.2, 0) is 4.79 Å². The highest BCUT2D eigenvalue weighted by Gasteiger charge is 2.34. The molecule has 3 rings (SSSR count). The SMILES string of the molecule is COc1ccccc1/C=C1/CC(C(C)(C)C)C/C(=C/c2ccccc2OC)C1=O. The molecule has 2 aromatic rings. The van der Waals surface area contributed by atoms with Gasteiger partial charge >= 0.3 is 0 Å². The van der Waals surface area contributed by atoms with E-state index in [0.29, 0.717) is 5.92 Å². The van der Waals surface area contributed by atoms with Crippen molar-refractivity contribution in [3.8, 4) is 11.5 Å². The zero-order chi connectivity index (χ0) is 21.0. The molecule has 2 aromatic carbocycles. The summed E-state index contributed by atoms with van der Waals surface area (Å²) in [6, 6.07) is 15.6. The lowest BCUT2D eigenvalue weighted by Crippen LogP contribution is -2.29. The molecule has 0 aromatic heterocycles. The highest BCUT2D eigenvalue weighted by molar-refractivity contribution is 6.14. The summed E-state index contributed by atoms with van der Waals surface area (Å²) in [7, 11) is 3.32. The molecular formula is C26H30O3. The van der Waals surface area contributed by atoms with Crippen molar-refractivity contribution < 1.29 is 14.3 Å². The van der Waals surface area contributed by atoms with Crippen LogP contribution in [0.4, 0.5) is 0 Å². The molecule has 0 bridgehead atoms. The minimum Gasteiger partial charge on any atom is -0.496 e. The molecule has 0 amide bonds. The van der Waals surface area contributed by atoms with Gasteiger partial charge in [-0.1, -0.05) is 57.2 Å². The van der Waals surface area contributed by atoms with Crippen LogP contribution in [0.2, 0.25) is 0 Å². The molecule has 1 aliphatic rings. The first-order valence-corrected chi connectivity index (χ1v) is 10.1. The number of hydrogen-bond acceptors (Lipinski definition) is 3. The van der Waals surface area contributed by atoms with Crippen LogP contribution >= 0.6 is 0 Å². The summed E-state index contributed by atoms with van der Waals surface area (Å²) in [5.74, 6) is 2.05. The van der Waals surface area contributed by atoms with E-state index < -0.39 is 0 Å². The summed E-state index contributed by atoms with van der Waals surface area (Å²) >= 11 is 0. The second-order valence-corrected chi connectivity index (χ2v) is 8.62. The topological polar surface area (TPSA) is 35.5 Å². The molecule has 152 valence electrons. The minimum atomic E-state index is 0.0976. The molecule has 0 N–H and O–H groups in total. The summed E-state index contributed by atoms with van der Waals surface area (Å²) in [5, 5.41) is 0. The Morgan fingerprint density at radius 3 is 1.59 bits per heavy atom. The molecule has 1 fully saturated rings. The van der Waals surface area contributed by atoms with E-state index in [9.17, 15) is 4.79 Å². The molecule has 1 saturated carbocycles. The zero-order valence-corrected chi connectivity index (χ0v) is 18.0. The monoisotopic (exact) mass is 390 g/mol. The number of carbonyl (C=O) groups excluding carboxylic acids is 1. The van der Waals surface area contributed by atoms with Crippen LogP contribution in [0.15, 0.2) is 59.7 Å². The molecule has 0 atom stereocenters. The van der Waals surface area contributed by atoms with Crippen LogP contribution in [-0.4, -0.2) is 20.0 Å². The van der Waals surface area contributed by atoms with Crippen LogP contribution in [0, 0.1) is 11.3 Å². The number of Topliss-reactive ketones (excluding diaryl/α,β-unsaturated/α-hetero) is 1. The number of ketones is 1. The highest BCUT2D eigenvalue weighted by Crippen LogP contribution is 2.42. The molecule has 1 aliphatic carbocycles. The Balaban J connectivity index is 2.07. The van der Waals surface area contributed by atoms with Gasteiger partial charge in [0.15, 0.2) is 5.78 Å². The third-order valence-corrected chi connectivity index (χ3v) is 5.68. The van der Waals surface area contributed by atoms with Crippen molar-refractivity contribution in [1.29, 1.82) is 0 Å². The van der Waals surface area contributed by atoms with Crippen LogP contribution < -0.4 is 9.47 Å². The lowest BCUT2D eigenvalue weighted by atomic mass is 9.68. The first kappa shape index (κ1) is 20.9. The maximum absolute atomic E-state index is 13.4. The lowest BCUT2D eigenvalue weighted by Gasteiger charge is -2.35. The van der Waals surface area contributed by atoms with Gasteiger partial charge in [-0.3, -0.25) is 4.79 Å². The van der Waals surface area contributed by atoms with E-state index >= 15 is 0 Å². The summed E-state index contributed by atoms with van der Waals surface area (Å²) in [6.45, 7) is 6.73. The maximum atomic E-state index is 13.4. The van der Waals surface area contributed by atoms with Gasteiger partial charge in [0.25, 0.3) is 0 Å². The van der Waals surface area contributed by atoms with Crippen molar-refractivity contribution in [1.82, 2.24) is 0 Å². The Morgan fingerprint density at radius 2 is 1.21 bits per heavy atom. The van der Waals surface area contributed by atoms with Gasteiger partial charge in [-0.05, 0) is 48.5 Å². The van der Waals surface area contributed by atoms with E-state index in [4.69, 9.17) is 9.47 Å². The third-order valence-electron chi connectivity index (χ3n) is 5.68. The summed E-state index contributed by atoms with van der Waals surface area (Å²) < 4.78 is 11.0. The van der Waals surface area contributed by atoms with E-state index in [0.717, 1.165) is 46.6 Å². The molecule has 0 radical (unpaired) electrons. The van der Waals surface area contributed by atoms with Crippen molar-refractivity contribution in [2.24, 2.45) is 11.3 Å². The Labute approximate surface area is 174 Å². The molecule has 0 heterocycles. The average molecular weight is 391 g/mol. The second-order valence-electron chi connectivity index (χ2n) is 8.62. The van der Waals surface area contributed by atoms with E-state index in [-0.39, 0.29) is 11.2 Å².